The van der Waals surface area contributed by atoms with Crippen molar-refractivity contribution >= 4 is 11.6 Å². The standard InChI is InChI=1S/C16H26N2O/c1-6-11-16(4,5)18-15(19)13-9-7-8-10-14(13)17-12(2)3/h7-10,12,17H,6,11H2,1-5H3,(H,18,19). The molecule has 0 heterocycles. The van der Waals surface area contributed by atoms with Crippen LogP contribution in [0.4, 0.5) is 5.69 Å². The van der Waals surface area contributed by atoms with E-state index in [1.807, 2.05) is 24.3 Å². The van der Waals surface area contributed by atoms with Gasteiger partial charge in [0.1, 0.15) is 0 Å². The van der Waals surface area contributed by atoms with E-state index in [0.29, 0.717) is 11.6 Å². The Morgan fingerprint density at radius 1 is 1.26 bits per heavy atom. The molecule has 19 heavy (non-hydrogen) atoms. The van der Waals surface area contributed by atoms with Crippen LogP contribution in [0.15, 0.2) is 24.3 Å². The first-order valence-corrected chi connectivity index (χ1v) is 7.04. The SMILES string of the molecule is CCCC(C)(C)NC(=O)c1ccccc1NC(C)C. The van der Waals surface area contributed by atoms with Crippen molar-refractivity contribution in [3.05, 3.63) is 29.8 Å². The second kappa shape index (κ2) is 6.60. The third-order valence-corrected chi connectivity index (χ3v) is 2.94. The number of benzene rings is 1. The summed E-state index contributed by atoms with van der Waals surface area (Å²) >= 11 is 0. The van der Waals surface area contributed by atoms with E-state index in [9.17, 15) is 4.79 Å². The van der Waals surface area contributed by atoms with E-state index >= 15 is 0 Å². The van der Waals surface area contributed by atoms with E-state index in [1.165, 1.54) is 0 Å². The van der Waals surface area contributed by atoms with E-state index in [2.05, 4.69) is 45.3 Å². The maximum Gasteiger partial charge on any atom is 0.253 e. The molecular formula is C16H26N2O. The van der Waals surface area contributed by atoms with Crippen molar-refractivity contribution in [1.29, 1.82) is 0 Å². The van der Waals surface area contributed by atoms with Crippen LogP contribution in [-0.4, -0.2) is 17.5 Å². The van der Waals surface area contributed by atoms with Crippen LogP contribution in [0.25, 0.3) is 0 Å². The van der Waals surface area contributed by atoms with Crippen LogP contribution in [0.2, 0.25) is 0 Å². The summed E-state index contributed by atoms with van der Waals surface area (Å²) in [4.78, 5) is 12.4. The Morgan fingerprint density at radius 3 is 2.47 bits per heavy atom. The second-order valence-corrected chi connectivity index (χ2v) is 5.93. The van der Waals surface area contributed by atoms with E-state index in [-0.39, 0.29) is 11.4 Å². The first-order chi connectivity index (χ1) is 8.85. The zero-order chi connectivity index (χ0) is 14.5. The topological polar surface area (TPSA) is 41.1 Å². The summed E-state index contributed by atoms with van der Waals surface area (Å²) in [6.07, 6.45) is 2.03. The van der Waals surface area contributed by atoms with Gasteiger partial charge in [-0.05, 0) is 46.2 Å². The minimum absolute atomic E-state index is 0.0119. The zero-order valence-electron chi connectivity index (χ0n) is 12.7. The third-order valence-electron chi connectivity index (χ3n) is 2.94. The van der Waals surface area contributed by atoms with Gasteiger partial charge in [-0.25, -0.2) is 0 Å². The van der Waals surface area contributed by atoms with Crippen LogP contribution in [0.1, 0.15) is 57.8 Å². The number of anilines is 1. The molecule has 3 heteroatoms. The first-order valence-electron chi connectivity index (χ1n) is 7.04. The molecule has 0 saturated heterocycles. The molecule has 106 valence electrons. The Balaban J connectivity index is 2.87. The average Bonchev–Trinajstić information content (AvgIpc) is 2.27. The molecule has 2 N–H and O–H groups in total. The van der Waals surface area contributed by atoms with Gasteiger partial charge in [-0.3, -0.25) is 4.79 Å². The number of carbonyl (C=O) groups is 1. The van der Waals surface area contributed by atoms with Crippen molar-refractivity contribution < 1.29 is 4.79 Å². The summed E-state index contributed by atoms with van der Waals surface area (Å²) in [5, 5.41) is 6.42. The van der Waals surface area contributed by atoms with Gasteiger partial charge in [0.05, 0.1) is 5.56 Å². The summed E-state index contributed by atoms with van der Waals surface area (Å²) in [6, 6.07) is 7.95. The smallest absolute Gasteiger partial charge is 0.253 e. The predicted octanol–water partition coefficient (Wildman–Crippen LogP) is 3.82. The van der Waals surface area contributed by atoms with Crippen LogP contribution in [-0.2, 0) is 0 Å². The average molecular weight is 262 g/mol. The van der Waals surface area contributed by atoms with Gasteiger partial charge in [-0.1, -0.05) is 25.5 Å². The maximum atomic E-state index is 12.4. The van der Waals surface area contributed by atoms with Gasteiger partial charge in [-0.2, -0.15) is 0 Å². The lowest BCUT2D eigenvalue weighted by molar-refractivity contribution is 0.0910. The number of nitrogens with one attached hydrogen (secondary N) is 2. The third kappa shape index (κ3) is 4.93. The number of rotatable bonds is 6. The zero-order valence-corrected chi connectivity index (χ0v) is 12.7. The highest BCUT2D eigenvalue weighted by molar-refractivity contribution is 6.00. The van der Waals surface area contributed by atoms with Gasteiger partial charge in [0, 0.05) is 17.3 Å². The molecule has 0 aliphatic rings. The molecule has 3 nitrogen and oxygen atoms in total. The molecule has 0 unspecified atom stereocenters. The van der Waals surface area contributed by atoms with E-state index < -0.39 is 0 Å². The lowest BCUT2D eigenvalue weighted by Gasteiger charge is -2.26. The van der Waals surface area contributed by atoms with Gasteiger partial charge in [0.15, 0.2) is 0 Å². The molecule has 0 bridgehead atoms. The molecular weight excluding hydrogens is 236 g/mol. The van der Waals surface area contributed by atoms with Crippen molar-refractivity contribution in [3.63, 3.8) is 0 Å². The highest BCUT2D eigenvalue weighted by Gasteiger charge is 2.21. The maximum absolute atomic E-state index is 12.4. The Bertz CT molecular complexity index is 425. The van der Waals surface area contributed by atoms with Crippen LogP contribution in [0, 0.1) is 0 Å². The van der Waals surface area contributed by atoms with Crippen molar-refractivity contribution in [2.24, 2.45) is 0 Å². The number of para-hydroxylation sites is 1. The summed E-state index contributed by atoms with van der Waals surface area (Å²) in [5.41, 5.74) is 1.43. The molecule has 1 rings (SSSR count). The van der Waals surface area contributed by atoms with Gasteiger partial charge in [-0.15, -0.1) is 0 Å². The number of hydrogen-bond acceptors (Lipinski definition) is 2. The number of hydrogen-bond donors (Lipinski definition) is 2. The fourth-order valence-corrected chi connectivity index (χ4v) is 2.18. The largest absolute Gasteiger partial charge is 0.382 e. The van der Waals surface area contributed by atoms with E-state index in [1.54, 1.807) is 0 Å². The van der Waals surface area contributed by atoms with Crippen LogP contribution < -0.4 is 10.6 Å². The Kier molecular flexibility index (Phi) is 5.40. The van der Waals surface area contributed by atoms with Crippen LogP contribution in [0.5, 0.6) is 0 Å². The van der Waals surface area contributed by atoms with Crippen molar-refractivity contribution in [2.45, 2.75) is 59.0 Å². The molecule has 0 spiro atoms. The molecule has 0 saturated carbocycles. The van der Waals surface area contributed by atoms with Crippen molar-refractivity contribution in [1.82, 2.24) is 5.32 Å². The summed E-state index contributed by atoms with van der Waals surface area (Å²) in [5.74, 6) is -0.0119. The number of carbonyl (C=O) groups excluding carboxylic acids is 1. The molecule has 1 amide bonds. The minimum Gasteiger partial charge on any atom is -0.382 e. The fourth-order valence-electron chi connectivity index (χ4n) is 2.18. The second-order valence-electron chi connectivity index (χ2n) is 5.93. The fraction of sp³-hybridized carbons (Fsp3) is 0.562. The Labute approximate surface area is 116 Å². The van der Waals surface area contributed by atoms with E-state index in [4.69, 9.17) is 0 Å². The summed E-state index contributed by atoms with van der Waals surface area (Å²) in [7, 11) is 0. The van der Waals surface area contributed by atoms with E-state index in [0.717, 1.165) is 18.5 Å². The van der Waals surface area contributed by atoms with Gasteiger partial charge in [0.25, 0.3) is 5.91 Å². The van der Waals surface area contributed by atoms with Gasteiger partial charge in [0.2, 0.25) is 0 Å². The molecule has 0 fully saturated rings. The van der Waals surface area contributed by atoms with Gasteiger partial charge >= 0.3 is 0 Å². The van der Waals surface area contributed by atoms with Crippen molar-refractivity contribution in [2.75, 3.05) is 5.32 Å². The van der Waals surface area contributed by atoms with Gasteiger partial charge < -0.3 is 10.6 Å². The predicted molar refractivity (Wildman–Crippen MR) is 81.7 cm³/mol. The molecule has 0 aliphatic heterocycles. The normalized spacial score (nSPS) is 11.5. The summed E-state index contributed by atoms with van der Waals surface area (Å²) < 4.78 is 0. The molecule has 1 aromatic rings. The van der Waals surface area contributed by atoms with Crippen LogP contribution >= 0.6 is 0 Å². The molecule has 0 atom stereocenters. The molecule has 0 radical (unpaired) electrons. The molecule has 1 aromatic carbocycles. The van der Waals surface area contributed by atoms with Crippen molar-refractivity contribution in [3.8, 4) is 0 Å². The molecule has 0 aliphatic carbocycles. The Morgan fingerprint density at radius 2 is 1.89 bits per heavy atom. The lowest BCUT2D eigenvalue weighted by Crippen LogP contribution is -2.43. The highest BCUT2D eigenvalue weighted by atomic mass is 16.1. The highest BCUT2D eigenvalue weighted by Crippen LogP contribution is 2.18. The minimum atomic E-state index is -0.170. The number of amides is 1. The van der Waals surface area contributed by atoms with Crippen LogP contribution in [0.3, 0.4) is 0 Å². The first kappa shape index (κ1) is 15.5. The quantitative estimate of drug-likeness (QED) is 0.818. The lowest BCUT2D eigenvalue weighted by atomic mass is 9.98. The summed E-state index contributed by atoms with van der Waals surface area (Å²) in [6.45, 7) is 10.4. The Hall–Kier alpha value is -1.51. The molecule has 0 aromatic heterocycles. The monoisotopic (exact) mass is 262 g/mol.